The van der Waals surface area contributed by atoms with Gasteiger partial charge in [-0.25, -0.2) is 5.43 Å². The quantitative estimate of drug-likeness (QED) is 0.381. The lowest BCUT2D eigenvalue weighted by molar-refractivity contribution is 0.591. The summed E-state index contributed by atoms with van der Waals surface area (Å²) in [7, 11) is 0. The van der Waals surface area contributed by atoms with Crippen molar-refractivity contribution in [1.29, 1.82) is 0 Å². The number of nitrogens with one attached hydrogen (secondary N) is 1. The molecule has 0 saturated heterocycles. The molecule has 3 N–H and O–H groups in total. The first-order valence-electron chi connectivity index (χ1n) is 6.22. The van der Waals surface area contributed by atoms with Gasteiger partial charge in [0.1, 0.15) is 0 Å². The van der Waals surface area contributed by atoms with Crippen LogP contribution in [0.3, 0.4) is 0 Å². The third-order valence-electron chi connectivity index (χ3n) is 3.33. The summed E-state index contributed by atoms with van der Waals surface area (Å²) in [6.07, 6.45) is 8.67. The Hall–Kier alpha value is -0.390. The lowest BCUT2D eigenvalue weighted by Crippen LogP contribution is -2.30. The topological polar surface area (TPSA) is 38.0 Å². The molecule has 0 heterocycles. The number of hydrazine groups is 1. The van der Waals surface area contributed by atoms with Crippen LogP contribution in [-0.2, 0) is 0 Å². The minimum atomic E-state index is 0.182. The van der Waals surface area contributed by atoms with Gasteiger partial charge in [-0.1, -0.05) is 36.3 Å². The van der Waals surface area contributed by atoms with E-state index in [2.05, 4.69) is 58.4 Å². The lowest BCUT2D eigenvalue weighted by Gasteiger charge is -2.21. The Labute approximate surface area is 117 Å². The van der Waals surface area contributed by atoms with Gasteiger partial charge < -0.3 is 0 Å². The number of hydrogen-bond donors (Lipinski definition) is 2. The van der Waals surface area contributed by atoms with Gasteiger partial charge in [-0.05, 0) is 59.9 Å². The Morgan fingerprint density at radius 1 is 1.18 bits per heavy atom. The highest BCUT2D eigenvalue weighted by atomic mass is 127. The van der Waals surface area contributed by atoms with Crippen molar-refractivity contribution in [2.75, 3.05) is 0 Å². The molecule has 2 rings (SSSR count). The van der Waals surface area contributed by atoms with E-state index in [1.54, 1.807) is 0 Å². The molecule has 1 aromatic carbocycles. The van der Waals surface area contributed by atoms with Crippen molar-refractivity contribution in [2.45, 2.75) is 38.1 Å². The van der Waals surface area contributed by atoms with Gasteiger partial charge in [-0.15, -0.1) is 0 Å². The van der Waals surface area contributed by atoms with E-state index in [1.165, 1.54) is 46.8 Å². The molecule has 92 valence electrons. The van der Waals surface area contributed by atoms with E-state index in [9.17, 15) is 0 Å². The zero-order valence-corrected chi connectivity index (χ0v) is 12.1. The van der Waals surface area contributed by atoms with Crippen LogP contribution >= 0.6 is 22.6 Å². The molecular formula is C14H19IN2. The summed E-state index contributed by atoms with van der Waals surface area (Å²) in [5.41, 5.74) is 5.73. The van der Waals surface area contributed by atoms with Crippen LogP contribution < -0.4 is 11.3 Å². The highest BCUT2D eigenvalue weighted by molar-refractivity contribution is 14.1. The van der Waals surface area contributed by atoms with Crippen molar-refractivity contribution in [3.05, 3.63) is 45.0 Å². The second kappa shape index (κ2) is 6.52. The molecule has 1 unspecified atom stereocenters. The SMILES string of the molecule is NNC(C1=CCCCCC1)c1ccccc1I. The van der Waals surface area contributed by atoms with Gasteiger partial charge in [0.2, 0.25) is 0 Å². The third-order valence-corrected chi connectivity index (χ3v) is 4.31. The van der Waals surface area contributed by atoms with E-state index in [0.717, 1.165) is 0 Å². The molecule has 3 heteroatoms. The highest BCUT2D eigenvalue weighted by Crippen LogP contribution is 2.30. The van der Waals surface area contributed by atoms with Gasteiger partial charge >= 0.3 is 0 Å². The van der Waals surface area contributed by atoms with E-state index in [1.807, 2.05) is 0 Å². The number of nitrogens with two attached hydrogens (primary N) is 1. The second-order valence-corrected chi connectivity index (χ2v) is 5.66. The monoisotopic (exact) mass is 342 g/mol. The summed E-state index contributed by atoms with van der Waals surface area (Å²) in [4.78, 5) is 0. The molecule has 1 aliphatic carbocycles. The van der Waals surface area contributed by atoms with Crippen molar-refractivity contribution in [3.63, 3.8) is 0 Å². The normalized spacial score (nSPS) is 18.4. The molecule has 0 fully saturated rings. The first-order valence-corrected chi connectivity index (χ1v) is 7.30. The number of benzene rings is 1. The molecule has 0 bridgehead atoms. The fourth-order valence-electron chi connectivity index (χ4n) is 2.41. The van der Waals surface area contributed by atoms with Crippen molar-refractivity contribution < 1.29 is 0 Å². The zero-order valence-electron chi connectivity index (χ0n) is 9.95. The van der Waals surface area contributed by atoms with Crippen molar-refractivity contribution in [3.8, 4) is 0 Å². The predicted octanol–water partition coefficient (Wildman–Crippen LogP) is 3.69. The molecule has 0 aliphatic heterocycles. The molecule has 0 amide bonds. The van der Waals surface area contributed by atoms with Crippen LogP contribution in [0.2, 0.25) is 0 Å². The Balaban J connectivity index is 2.26. The first-order chi connectivity index (χ1) is 8.33. The zero-order chi connectivity index (χ0) is 12.1. The lowest BCUT2D eigenvalue weighted by atomic mass is 9.96. The smallest absolute Gasteiger partial charge is 0.0680 e. The van der Waals surface area contributed by atoms with E-state index in [4.69, 9.17) is 5.84 Å². The Morgan fingerprint density at radius 2 is 2.00 bits per heavy atom. The highest BCUT2D eigenvalue weighted by Gasteiger charge is 2.17. The Kier molecular flexibility index (Phi) is 5.00. The van der Waals surface area contributed by atoms with Gasteiger partial charge in [0.15, 0.2) is 0 Å². The van der Waals surface area contributed by atoms with Crippen LogP contribution in [0.25, 0.3) is 0 Å². The van der Waals surface area contributed by atoms with E-state index in [-0.39, 0.29) is 6.04 Å². The van der Waals surface area contributed by atoms with Crippen LogP contribution in [0.5, 0.6) is 0 Å². The molecule has 1 atom stereocenters. The molecule has 1 aromatic rings. The van der Waals surface area contributed by atoms with E-state index < -0.39 is 0 Å². The maximum absolute atomic E-state index is 5.76. The maximum Gasteiger partial charge on any atom is 0.0680 e. The molecule has 2 nitrogen and oxygen atoms in total. The minimum Gasteiger partial charge on any atom is -0.271 e. The summed E-state index contributed by atoms with van der Waals surface area (Å²) < 4.78 is 1.28. The molecular weight excluding hydrogens is 323 g/mol. The van der Waals surface area contributed by atoms with Crippen LogP contribution in [0.15, 0.2) is 35.9 Å². The van der Waals surface area contributed by atoms with Gasteiger partial charge in [0.05, 0.1) is 6.04 Å². The van der Waals surface area contributed by atoms with Gasteiger partial charge in [-0.3, -0.25) is 5.84 Å². The van der Waals surface area contributed by atoms with Crippen LogP contribution in [0, 0.1) is 3.57 Å². The minimum absolute atomic E-state index is 0.182. The molecule has 0 radical (unpaired) electrons. The predicted molar refractivity (Wildman–Crippen MR) is 80.4 cm³/mol. The fraction of sp³-hybridized carbons (Fsp3) is 0.429. The molecule has 0 spiro atoms. The van der Waals surface area contributed by atoms with Gasteiger partial charge in [0, 0.05) is 3.57 Å². The molecule has 1 aliphatic rings. The summed E-state index contributed by atoms with van der Waals surface area (Å²) >= 11 is 2.38. The van der Waals surface area contributed by atoms with Crippen LogP contribution in [0.1, 0.15) is 43.7 Å². The number of allylic oxidation sites excluding steroid dienone is 1. The summed E-state index contributed by atoms with van der Waals surface area (Å²) in [6.45, 7) is 0. The Morgan fingerprint density at radius 3 is 2.76 bits per heavy atom. The van der Waals surface area contributed by atoms with Crippen molar-refractivity contribution in [2.24, 2.45) is 5.84 Å². The van der Waals surface area contributed by atoms with Crippen molar-refractivity contribution >= 4 is 22.6 Å². The Bertz CT molecular complexity index is 401. The van der Waals surface area contributed by atoms with Crippen LogP contribution in [0.4, 0.5) is 0 Å². The summed E-state index contributed by atoms with van der Waals surface area (Å²) in [6, 6.07) is 8.63. The van der Waals surface area contributed by atoms with Gasteiger partial charge in [0.25, 0.3) is 0 Å². The number of rotatable bonds is 3. The summed E-state index contributed by atoms with van der Waals surface area (Å²) in [5, 5.41) is 0. The largest absolute Gasteiger partial charge is 0.271 e. The summed E-state index contributed by atoms with van der Waals surface area (Å²) in [5.74, 6) is 5.76. The fourth-order valence-corrected chi connectivity index (χ4v) is 3.11. The van der Waals surface area contributed by atoms with E-state index >= 15 is 0 Å². The number of halogens is 1. The molecule has 0 aromatic heterocycles. The third kappa shape index (κ3) is 3.30. The van der Waals surface area contributed by atoms with Gasteiger partial charge in [-0.2, -0.15) is 0 Å². The van der Waals surface area contributed by atoms with Crippen molar-refractivity contribution in [1.82, 2.24) is 5.43 Å². The molecule has 17 heavy (non-hydrogen) atoms. The standard InChI is InChI=1S/C14H19IN2/c15-13-10-6-5-9-12(13)14(17-16)11-7-3-1-2-4-8-11/h5-7,9-10,14,17H,1-4,8,16H2. The van der Waals surface area contributed by atoms with E-state index in [0.29, 0.717) is 0 Å². The molecule has 0 saturated carbocycles. The maximum atomic E-state index is 5.76. The average molecular weight is 342 g/mol. The number of hydrogen-bond acceptors (Lipinski definition) is 2. The second-order valence-electron chi connectivity index (χ2n) is 4.50. The van der Waals surface area contributed by atoms with Crippen LogP contribution in [-0.4, -0.2) is 0 Å². The average Bonchev–Trinajstić information content (AvgIpc) is 2.62. The first kappa shape index (κ1) is 13.1.